The zero-order valence-corrected chi connectivity index (χ0v) is 10.8. The summed E-state index contributed by atoms with van der Waals surface area (Å²) in [5.74, 6) is 0.0909. The molecule has 0 aromatic carbocycles. The number of hydrogen-bond acceptors (Lipinski definition) is 4. The number of rotatable bonds is 3. The molecule has 0 radical (unpaired) electrons. The van der Waals surface area contributed by atoms with Gasteiger partial charge in [0.15, 0.2) is 0 Å². The number of carbonyl (C=O) groups is 2. The van der Waals surface area contributed by atoms with Crippen LogP contribution in [0.25, 0.3) is 0 Å². The van der Waals surface area contributed by atoms with E-state index in [1.54, 1.807) is 13.0 Å². The van der Waals surface area contributed by atoms with Gasteiger partial charge >= 0.3 is 12.1 Å². The van der Waals surface area contributed by atoms with E-state index in [-0.39, 0.29) is 12.4 Å². The molecule has 1 aliphatic heterocycles. The van der Waals surface area contributed by atoms with Crippen LogP contribution in [0.1, 0.15) is 24.6 Å². The van der Waals surface area contributed by atoms with Crippen molar-refractivity contribution in [1.82, 2.24) is 4.98 Å². The lowest BCUT2D eigenvalue weighted by molar-refractivity contribution is -0.142. The fraction of sp³-hybridized carbons (Fsp3) is 0.462. The molecule has 0 saturated carbocycles. The van der Waals surface area contributed by atoms with E-state index >= 15 is 0 Å². The second-order valence-electron chi connectivity index (χ2n) is 4.30. The van der Waals surface area contributed by atoms with Crippen LogP contribution in [0.4, 0.5) is 10.6 Å². The minimum atomic E-state index is -1.01. The molecule has 0 atom stereocenters. The molecule has 1 aromatic heterocycles. The Balaban J connectivity index is 2.23. The van der Waals surface area contributed by atoms with Crippen molar-refractivity contribution < 1.29 is 19.4 Å². The van der Waals surface area contributed by atoms with Gasteiger partial charge in [-0.3, -0.25) is 9.69 Å². The summed E-state index contributed by atoms with van der Waals surface area (Å²) in [6, 6.07) is 3.59. The third kappa shape index (κ3) is 3.01. The molecule has 1 aliphatic rings. The Morgan fingerprint density at radius 1 is 1.47 bits per heavy atom. The highest BCUT2D eigenvalue weighted by Gasteiger charge is 2.24. The van der Waals surface area contributed by atoms with Gasteiger partial charge in [0.1, 0.15) is 5.82 Å². The zero-order chi connectivity index (χ0) is 13.8. The smallest absolute Gasteiger partial charge is 0.413 e. The van der Waals surface area contributed by atoms with Gasteiger partial charge in [-0.05, 0) is 31.4 Å². The van der Waals surface area contributed by atoms with Crippen LogP contribution in [0.2, 0.25) is 0 Å². The van der Waals surface area contributed by atoms with E-state index in [0.717, 1.165) is 18.4 Å². The molecule has 6 heteroatoms. The minimum Gasteiger partial charge on any atom is -0.466 e. The lowest BCUT2D eigenvalue weighted by atomic mass is 10.1. The molecular weight excluding hydrogens is 248 g/mol. The highest BCUT2D eigenvalue weighted by molar-refractivity contribution is 5.86. The van der Waals surface area contributed by atoms with E-state index in [1.165, 1.54) is 4.90 Å². The van der Waals surface area contributed by atoms with Crippen molar-refractivity contribution in [2.24, 2.45) is 0 Å². The van der Waals surface area contributed by atoms with Crippen molar-refractivity contribution in [2.45, 2.75) is 26.2 Å². The number of anilines is 1. The van der Waals surface area contributed by atoms with Gasteiger partial charge in [0.25, 0.3) is 0 Å². The first-order chi connectivity index (χ1) is 9.11. The van der Waals surface area contributed by atoms with Crippen LogP contribution in [-0.2, 0) is 22.4 Å². The molecule has 0 aliphatic carbocycles. The molecular formula is C13H16N2O4. The third-order valence-corrected chi connectivity index (χ3v) is 2.96. The van der Waals surface area contributed by atoms with Crippen molar-refractivity contribution in [3.05, 3.63) is 23.4 Å². The van der Waals surface area contributed by atoms with Crippen molar-refractivity contribution in [2.75, 3.05) is 18.1 Å². The van der Waals surface area contributed by atoms with Gasteiger partial charge < -0.3 is 9.84 Å². The summed E-state index contributed by atoms with van der Waals surface area (Å²) in [6.45, 7) is 2.51. The first-order valence-electron chi connectivity index (χ1n) is 6.26. The number of nitrogens with zero attached hydrogens (tertiary/aromatic N) is 2. The second kappa shape index (κ2) is 5.69. The largest absolute Gasteiger partial charge is 0.466 e. The summed E-state index contributed by atoms with van der Waals surface area (Å²) in [5, 5.41) is 9.14. The van der Waals surface area contributed by atoms with Crippen LogP contribution in [0.15, 0.2) is 12.1 Å². The quantitative estimate of drug-likeness (QED) is 0.839. The molecule has 19 heavy (non-hydrogen) atoms. The molecule has 2 heterocycles. The van der Waals surface area contributed by atoms with Crippen LogP contribution in [0.3, 0.4) is 0 Å². The van der Waals surface area contributed by atoms with Gasteiger partial charge in [0, 0.05) is 6.54 Å². The SMILES string of the molecule is CCOC(=O)Cc1ccc2c(n1)N(C(=O)O)CCC2. The summed E-state index contributed by atoms with van der Waals surface area (Å²) in [4.78, 5) is 28.1. The Morgan fingerprint density at radius 2 is 2.26 bits per heavy atom. The molecule has 0 spiro atoms. The molecule has 1 N–H and O–H groups in total. The maximum absolute atomic E-state index is 11.4. The molecule has 0 bridgehead atoms. The fourth-order valence-corrected chi connectivity index (χ4v) is 2.12. The number of aryl methyl sites for hydroxylation is 1. The highest BCUT2D eigenvalue weighted by atomic mass is 16.5. The standard InChI is InChI=1S/C13H16N2O4/c1-2-19-11(16)8-10-6-5-9-4-3-7-15(13(17)18)12(9)14-10/h5-6H,2-4,7-8H2,1H3,(H,17,18). The maximum Gasteiger partial charge on any atom is 0.413 e. The summed E-state index contributed by atoms with van der Waals surface area (Å²) in [6.07, 6.45) is 0.653. The number of hydrogen-bond donors (Lipinski definition) is 1. The highest BCUT2D eigenvalue weighted by Crippen LogP contribution is 2.25. The number of carboxylic acid groups (broad SMARTS) is 1. The lowest BCUT2D eigenvalue weighted by Crippen LogP contribution is -2.35. The third-order valence-electron chi connectivity index (χ3n) is 2.96. The van der Waals surface area contributed by atoms with E-state index in [4.69, 9.17) is 9.84 Å². The van der Waals surface area contributed by atoms with Crippen molar-refractivity contribution in [3.63, 3.8) is 0 Å². The van der Waals surface area contributed by atoms with Gasteiger partial charge in [-0.15, -0.1) is 0 Å². The minimum absolute atomic E-state index is 0.0641. The monoisotopic (exact) mass is 264 g/mol. The summed E-state index contributed by atoms with van der Waals surface area (Å²) < 4.78 is 4.86. The molecule has 2 rings (SSSR count). The van der Waals surface area contributed by atoms with Gasteiger partial charge in [-0.1, -0.05) is 6.07 Å². The van der Waals surface area contributed by atoms with Crippen molar-refractivity contribution in [1.29, 1.82) is 0 Å². The van der Waals surface area contributed by atoms with Gasteiger partial charge in [-0.2, -0.15) is 0 Å². The number of pyridine rings is 1. The fourth-order valence-electron chi connectivity index (χ4n) is 2.12. The number of amides is 1. The van der Waals surface area contributed by atoms with Crippen molar-refractivity contribution >= 4 is 17.9 Å². The predicted molar refractivity (Wildman–Crippen MR) is 68.3 cm³/mol. The number of fused-ring (bicyclic) bond motifs is 1. The number of ether oxygens (including phenoxy) is 1. The molecule has 6 nitrogen and oxygen atoms in total. The number of esters is 1. The summed E-state index contributed by atoms with van der Waals surface area (Å²) in [7, 11) is 0. The van der Waals surface area contributed by atoms with E-state index in [1.807, 2.05) is 6.07 Å². The molecule has 0 unspecified atom stereocenters. The average Bonchev–Trinajstić information content (AvgIpc) is 2.38. The Hall–Kier alpha value is -2.11. The first kappa shape index (κ1) is 13.3. The topological polar surface area (TPSA) is 79.7 Å². The maximum atomic E-state index is 11.4. The predicted octanol–water partition coefficient (Wildman–Crippen LogP) is 1.62. The Labute approximate surface area is 111 Å². The van der Waals surface area contributed by atoms with E-state index < -0.39 is 6.09 Å². The van der Waals surface area contributed by atoms with E-state index in [9.17, 15) is 9.59 Å². The molecule has 1 aromatic rings. The van der Waals surface area contributed by atoms with Gasteiger partial charge in [0.05, 0.1) is 18.7 Å². The average molecular weight is 264 g/mol. The molecule has 0 fully saturated rings. The summed E-state index contributed by atoms with van der Waals surface area (Å²) in [5.41, 5.74) is 1.44. The van der Waals surface area contributed by atoms with Crippen LogP contribution in [0.5, 0.6) is 0 Å². The van der Waals surface area contributed by atoms with Crippen LogP contribution in [0, 0.1) is 0 Å². The molecule has 1 amide bonds. The van der Waals surface area contributed by atoms with Gasteiger partial charge in [0.2, 0.25) is 0 Å². The lowest BCUT2D eigenvalue weighted by Gasteiger charge is -2.26. The van der Waals surface area contributed by atoms with Crippen molar-refractivity contribution in [3.8, 4) is 0 Å². The zero-order valence-electron chi connectivity index (χ0n) is 10.8. The Kier molecular flexibility index (Phi) is 3.99. The number of aromatic nitrogens is 1. The van der Waals surface area contributed by atoms with E-state index in [0.29, 0.717) is 24.7 Å². The summed E-state index contributed by atoms with van der Waals surface area (Å²) >= 11 is 0. The van der Waals surface area contributed by atoms with Crippen LogP contribution >= 0.6 is 0 Å². The van der Waals surface area contributed by atoms with E-state index in [2.05, 4.69) is 4.98 Å². The Morgan fingerprint density at radius 3 is 2.95 bits per heavy atom. The normalized spacial score (nSPS) is 13.8. The Bertz CT molecular complexity index is 501. The molecule has 102 valence electrons. The van der Waals surface area contributed by atoms with Crippen LogP contribution in [-0.4, -0.2) is 35.3 Å². The number of carbonyl (C=O) groups excluding carboxylic acids is 1. The second-order valence-corrected chi connectivity index (χ2v) is 4.30. The van der Waals surface area contributed by atoms with Crippen LogP contribution < -0.4 is 4.90 Å². The first-order valence-corrected chi connectivity index (χ1v) is 6.26. The molecule has 0 saturated heterocycles. The van der Waals surface area contributed by atoms with Gasteiger partial charge in [-0.25, -0.2) is 9.78 Å².